The molecule has 0 radical (unpaired) electrons. The third-order valence-corrected chi connectivity index (χ3v) is 4.06. The topological polar surface area (TPSA) is 46.5 Å². The van der Waals surface area contributed by atoms with Crippen LogP contribution in [-0.2, 0) is 10.0 Å². The van der Waals surface area contributed by atoms with Crippen LogP contribution in [0.4, 0.5) is 0 Å². The second-order valence-corrected chi connectivity index (χ2v) is 6.91. The van der Waals surface area contributed by atoms with Crippen LogP contribution in [0.3, 0.4) is 0 Å². The highest BCUT2D eigenvalue weighted by Gasteiger charge is 2.29. The van der Waals surface area contributed by atoms with Crippen molar-refractivity contribution >= 4 is 61.6 Å². The maximum atomic E-state index is 11.6. The van der Waals surface area contributed by atoms with Crippen LogP contribution < -0.4 is 0 Å². The molecule has 0 atom stereocenters. The highest BCUT2D eigenvalue weighted by atomic mass is 35.6. The first-order valence-electron chi connectivity index (χ1n) is 3.86. The summed E-state index contributed by atoms with van der Waals surface area (Å²) in [6.07, 6.45) is 0. The zero-order valence-corrected chi connectivity index (χ0v) is 11.4. The summed E-state index contributed by atoms with van der Waals surface area (Å²) in [6.45, 7) is 0. The summed E-state index contributed by atoms with van der Waals surface area (Å²) in [5.41, 5.74) is 0. The van der Waals surface area contributed by atoms with E-state index in [1.54, 1.807) is 18.2 Å². The summed E-state index contributed by atoms with van der Waals surface area (Å²) in [7, 11) is -3.94. The standard InChI is InChI=1S/C8H5Cl4NO2S/c9-7(8(10,11)12)13-16(14,15)6-4-2-1-3-5-6/h1-5H. The fourth-order valence-electron chi connectivity index (χ4n) is 0.802. The van der Waals surface area contributed by atoms with Gasteiger partial charge in [0.15, 0.2) is 5.17 Å². The average Bonchev–Trinajstić information content (AvgIpc) is 2.17. The van der Waals surface area contributed by atoms with E-state index in [1.165, 1.54) is 12.1 Å². The molecule has 88 valence electrons. The van der Waals surface area contributed by atoms with Crippen LogP contribution in [0.25, 0.3) is 0 Å². The largest absolute Gasteiger partial charge is 0.283 e. The lowest BCUT2D eigenvalue weighted by molar-refractivity contribution is 0.598. The molecule has 0 saturated heterocycles. The van der Waals surface area contributed by atoms with Crippen LogP contribution >= 0.6 is 46.4 Å². The Hall–Kier alpha value is -0.000000000000000222. The Balaban J connectivity index is 3.16. The lowest BCUT2D eigenvalue weighted by Gasteiger charge is -2.07. The molecular formula is C8H5Cl4NO2S. The van der Waals surface area contributed by atoms with E-state index in [2.05, 4.69) is 4.40 Å². The van der Waals surface area contributed by atoms with Crippen molar-refractivity contribution in [3.05, 3.63) is 30.3 Å². The Labute approximate surface area is 113 Å². The highest BCUT2D eigenvalue weighted by Crippen LogP contribution is 2.31. The van der Waals surface area contributed by atoms with E-state index in [0.29, 0.717) is 0 Å². The minimum Gasteiger partial charge on any atom is -0.199 e. The molecule has 1 aromatic carbocycles. The molecule has 0 fully saturated rings. The number of alkyl halides is 3. The third kappa shape index (κ3) is 3.79. The molecule has 16 heavy (non-hydrogen) atoms. The molecule has 0 aliphatic heterocycles. The van der Waals surface area contributed by atoms with Crippen molar-refractivity contribution in [2.24, 2.45) is 4.40 Å². The summed E-state index contributed by atoms with van der Waals surface area (Å²) in [5.74, 6) is 0. The molecule has 8 heteroatoms. The Morgan fingerprint density at radius 2 is 1.62 bits per heavy atom. The molecule has 0 aliphatic rings. The summed E-state index contributed by atoms with van der Waals surface area (Å²) < 4.78 is 24.4. The van der Waals surface area contributed by atoms with Gasteiger partial charge in [0.1, 0.15) is 0 Å². The van der Waals surface area contributed by atoms with Crippen LogP contribution in [0, 0.1) is 0 Å². The molecule has 0 unspecified atom stereocenters. The van der Waals surface area contributed by atoms with Gasteiger partial charge in [-0.2, -0.15) is 8.42 Å². The third-order valence-electron chi connectivity index (χ3n) is 1.48. The van der Waals surface area contributed by atoms with E-state index in [0.717, 1.165) is 0 Å². The van der Waals surface area contributed by atoms with Crippen molar-refractivity contribution in [1.29, 1.82) is 0 Å². The van der Waals surface area contributed by atoms with Gasteiger partial charge in [-0.3, -0.25) is 0 Å². The lowest BCUT2D eigenvalue weighted by Crippen LogP contribution is -2.14. The molecule has 0 heterocycles. The molecule has 0 N–H and O–H groups in total. The number of hydrogen-bond donors (Lipinski definition) is 0. The first-order valence-corrected chi connectivity index (χ1v) is 6.81. The van der Waals surface area contributed by atoms with E-state index in [1.807, 2.05) is 0 Å². The van der Waals surface area contributed by atoms with Gasteiger partial charge in [0.2, 0.25) is 3.79 Å². The van der Waals surface area contributed by atoms with Gasteiger partial charge in [0.05, 0.1) is 4.90 Å². The zero-order chi connectivity index (χ0) is 12.4. The number of nitrogens with zero attached hydrogens (tertiary/aromatic N) is 1. The van der Waals surface area contributed by atoms with E-state index in [-0.39, 0.29) is 4.90 Å². The van der Waals surface area contributed by atoms with E-state index >= 15 is 0 Å². The van der Waals surface area contributed by atoms with Crippen LogP contribution in [0.15, 0.2) is 39.6 Å². The second kappa shape index (κ2) is 5.10. The minimum atomic E-state index is -3.94. The normalized spacial score (nSPS) is 13.9. The maximum Gasteiger partial charge on any atom is 0.283 e. The summed E-state index contributed by atoms with van der Waals surface area (Å²) in [5, 5.41) is -0.624. The van der Waals surface area contributed by atoms with Crippen molar-refractivity contribution in [2.45, 2.75) is 8.69 Å². The minimum absolute atomic E-state index is 0.0256. The Kier molecular flexibility index (Phi) is 4.49. The number of halogens is 4. The summed E-state index contributed by atoms with van der Waals surface area (Å²) >= 11 is 21.6. The molecule has 0 bridgehead atoms. The van der Waals surface area contributed by atoms with Crippen molar-refractivity contribution in [3.8, 4) is 0 Å². The molecule has 1 rings (SSSR count). The lowest BCUT2D eigenvalue weighted by atomic mass is 10.4. The van der Waals surface area contributed by atoms with Gasteiger partial charge in [0.25, 0.3) is 10.0 Å². The molecule has 0 amide bonds. The van der Waals surface area contributed by atoms with Gasteiger partial charge in [-0.1, -0.05) is 64.6 Å². The maximum absolute atomic E-state index is 11.6. The molecular weight excluding hydrogens is 316 g/mol. The smallest absolute Gasteiger partial charge is 0.199 e. The van der Waals surface area contributed by atoms with Crippen molar-refractivity contribution in [3.63, 3.8) is 0 Å². The van der Waals surface area contributed by atoms with Crippen LogP contribution in [0.5, 0.6) is 0 Å². The molecule has 0 spiro atoms. The quantitative estimate of drug-likeness (QED) is 0.619. The van der Waals surface area contributed by atoms with Crippen molar-refractivity contribution in [2.75, 3.05) is 0 Å². The Morgan fingerprint density at radius 3 is 2.06 bits per heavy atom. The van der Waals surface area contributed by atoms with Gasteiger partial charge >= 0.3 is 0 Å². The number of benzene rings is 1. The first kappa shape index (κ1) is 14.1. The second-order valence-electron chi connectivity index (χ2n) is 2.67. The molecule has 0 aromatic heterocycles. The molecule has 0 saturated carbocycles. The van der Waals surface area contributed by atoms with E-state index in [9.17, 15) is 8.42 Å². The summed E-state index contributed by atoms with van der Waals surface area (Å²) in [4.78, 5) is -0.0256. The van der Waals surface area contributed by atoms with Gasteiger partial charge < -0.3 is 0 Å². The van der Waals surface area contributed by atoms with Crippen LogP contribution in [-0.4, -0.2) is 17.4 Å². The van der Waals surface area contributed by atoms with E-state index < -0.39 is 19.0 Å². The first-order chi connectivity index (χ1) is 7.23. The van der Waals surface area contributed by atoms with Crippen LogP contribution in [0.1, 0.15) is 0 Å². The zero-order valence-electron chi connectivity index (χ0n) is 7.57. The Morgan fingerprint density at radius 1 is 1.12 bits per heavy atom. The SMILES string of the molecule is O=S(=O)(N=C(Cl)C(Cl)(Cl)Cl)c1ccccc1. The van der Waals surface area contributed by atoms with Gasteiger partial charge in [-0.05, 0) is 12.1 Å². The predicted molar refractivity (Wildman–Crippen MR) is 67.2 cm³/mol. The van der Waals surface area contributed by atoms with Crippen molar-refractivity contribution < 1.29 is 8.42 Å². The fraction of sp³-hybridized carbons (Fsp3) is 0.125. The monoisotopic (exact) mass is 319 g/mol. The predicted octanol–water partition coefficient (Wildman–Crippen LogP) is 3.38. The number of rotatable bonds is 2. The fourth-order valence-corrected chi connectivity index (χ4v) is 2.31. The number of sulfonamides is 1. The summed E-state index contributed by atoms with van der Waals surface area (Å²) in [6, 6.07) is 7.49. The van der Waals surface area contributed by atoms with Gasteiger partial charge in [0, 0.05) is 0 Å². The average molecular weight is 321 g/mol. The number of hydrogen-bond acceptors (Lipinski definition) is 2. The molecule has 0 aliphatic carbocycles. The molecule has 1 aromatic rings. The molecule has 3 nitrogen and oxygen atoms in total. The van der Waals surface area contributed by atoms with Crippen molar-refractivity contribution in [1.82, 2.24) is 0 Å². The Bertz CT molecular complexity index is 493. The van der Waals surface area contributed by atoms with Gasteiger partial charge in [-0.15, -0.1) is 4.40 Å². The highest BCUT2D eigenvalue weighted by molar-refractivity contribution is 7.90. The van der Waals surface area contributed by atoms with E-state index in [4.69, 9.17) is 46.4 Å². The van der Waals surface area contributed by atoms with Crippen LogP contribution in [0.2, 0.25) is 0 Å². The van der Waals surface area contributed by atoms with Gasteiger partial charge in [-0.25, -0.2) is 0 Å².